The first-order valence-electron chi connectivity index (χ1n) is 11.0. The van der Waals surface area contributed by atoms with Gasteiger partial charge in [-0.15, -0.1) is 0 Å². The van der Waals surface area contributed by atoms with Crippen LogP contribution in [0.4, 0.5) is 0 Å². The van der Waals surface area contributed by atoms with Gasteiger partial charge < -0.3 is 9.80 Å². The summed E-state index contributed by atoms with van der Waals surface area (Å²) in [6.07, 6.45) is 6.02. The highest BCUT2D eigenvalue weighted by molar-refractivity contribution is 5.83. The Morgan fingerprint density at radius 2 is 1.79 bits per heavy atom. The third-order valence-corrected chi connectivity index (χ3v) is 6.86. The Balaban J connectivity index is 1.64. The van der Waals surface area contributed by atoms with Crippen LogP contribution in [0.1, 0.15) is 58.4 Å². The van der Waals surface area contributed by atoms with Crippen LogP contribution in [0, 0.1) is 17.3 Å². The van der Waals surface area contributed by atoms with E-state index in [0.29, 0.717) is 11.8 Å². The smallest absolute Gasteiger partial charge is 0.228 e. The molecule has 1 aromatic rings. The molecule has 2 aliphatic rings. The van der Waals surface area contributed by atoms with Crippen LogP contribution in [0.25, 0.3) is 0 Å². The van der Waals surface area contributed by atoms with Gasteiger partial charge in [0, 0.05) is 37.5 Å². The zero-order valence-corrected chi connectivity index (χ0v) is 17.8. The first-order valence-corrected chi connectivity index (χ1v) is 11.0. The molecule has 0 spiro atoms. The molecule has 0 aromatic heterocycles. The Hall–Kier alpha value is -1.84. The fraction of sp³-hybridized carbons (Fsp3) is 0.667. The van der Waals surface area contributed by atoms with Crippen molar-refractivity contribution < 1.29 is 9.59 Å². The van der Waals surface area contributed by atoms with Gasteiger partial charge in [0.05, 0.1) is 0 Å². The monoisotopic (exact) mass is 384 g/mol. The molecule has 0 radical (unpaired) electrons. The van der Waals surface area contributed by atoms with Crippen LogP contribution < -0.4 is 0 Å². The lowest BCUT2D eigenvalue weighted by atomic mass is 9.69. The summed E-state index contributed by atoms with van der Waals surface area (Å²) in [5.74, 6) is 1.03. The molecule has 2 aliphatic heterocycles. The van der Waals surface area contributed by atoms with Gasteiger partial charge in [0.15, 0.2) is 0 Å². The van der Waals surface area contributed by atoms with Crippen molar-refractivity contribution >= 4 is 11.8 Å². The SMILES string of the molecule is CC(C)C(=O)N1CCC([C@]2(C)CCCCN(CCc3ccccc3)C2=O)CC1. The summed E-state index contributed by atoms with van der Waals surface area (Å²) in [7, 11) is 0. The molecule has 2 amide bonds. The fourth-order valence-electron chi connectivity index (χ4n) is 4.97. The lowest BCUT2D eigenvalue weighted by Crippen LogP contribution is -2.50. The molecule has 1 atom stereocenters. The van der Waals surface area contributed by atoms with Crippen LogP contribution in [0.3, 0.4) is 0 Å². The number of likely N-dealkylation sites (tertiary alicyclic amines) is 2. The highest BCUT2D eigenvalue weighted by atomic mass is 16.2. The molecule has 0 saturated carbocycles. The number of rotatable bonds is 5. The van der Waals surface area contributed by atoms with Crippen LogP contribution >= 0.6 is 0 Å². The second kappa shape index (κ2) is 9.11. The van der Waals surface area contributed by atoms with Crippen LogP contribution in [0.15, 0.2) is 30.3 Å². The second-order valence-corrected chi connectivity index (χ2v) is 9.16. The van der Waals surface area contributed by atoms with Gasteiger partial charge in [-0.1, -0.05) is 57.5 Å². The number of benzene rings is 1. The minimum Gasteiger partial charge on any atom is -0.342 e. The zero-order valence-electron chi connectivity index (χ0n) is 17.8. The first-order chi connectivity index (χ1) is 13.4. The van der Waals surface area contributed by atoms with E-state index in [1.54, 1.807) is 0 Å². The Kier molecular flexibility index (Phi) is 6.79. The van der Waals surface area contributed by atoms with E-state index in [2.05, 4.69) is 36.1 Å². The molecule has 2 fully saturated rings. The second-order valence-electron chi connectivity index (χ2n) is 9.16. The summed E-state index contributed by atoms with van der Waals surface area (Å²) < 4.78 is 0. The Morgan fingerprint density at radius 3 is 2.43 bits per heavy atom. The number of amides is 2. The molecule has 154 valence electrons. The van der Waals surface area contributed by atoms with Gasteiger partial charge in [0.1, 0.15) is 0 Å². The third kappa shape index (κ3) is 4.59. The lowest BCUT2D eigenvalue weighted by Gasteiger charge is -2.43. The van der Waals surface area contributed by atoms with E-state index in [0.717, 1.165) is 64.7 Å². The van der Waals surface area contributed by atoms with Crippen molar-refractivity contribution in [1.82, 2.24) is 9.80 Å². The number of hydrogen-bond donors (Lipinski definition) is 0. The number of piperidine rings is 1. The van der Waals surface area contributed by atoms with Gasteiger partial charge in [-0.05, 0) is 43.6 Å². The van der Waals surface area contributed by atoms with E-state index in [1.165, 1.54) is 5.56 Å². The Morgan fingerprint density at radius 1 is 1.11 bits per heavy atom. The maximum atomic E-state index is 13.6. The van der Waals surface area contributed by atoms with Crippen molar-refractivity contribution in [3.63, 3.8) is 0 Å². The normalized spacial score (nSPS) is 24.5. The standard InChI is InChI=1S/C24H36N2O2/c1-19(2)22(27)25-17-12-21(13-18-25)24(3)14-7-8-15-26(23(24)28)16-11-20-9-5-4-6-10-20/h4-6,9-10,19,21H,7-8,11-18H2,1-3H3/t24-/m0/s1. The molecule has 2 heterocycles. The van der Waals surface area contributed by atoms with E-state index < -0.39 is 0 Å². The minimum atomic E-state index is -0.278. The molecule has 2 saturated heterocycles. The topological polar surface area (TPSA) is 40.6 Å². The molecule has 0 aliphatic carbocycles. The minimum absolute atomic E-state index is 0.0557. The van der Waals surface area contributed by atoms with Gasteiger partial charge in [-0.2, -0.15) is 0 Å². The largest absolute Gasteiger partial charge is 0.342 e. The Bertz CT molecular complexity index is 664. The molecule has 0 N–H and O–H groups in total. The van der Waals surface area contributed by atoms with Gasteiger partial charge >= 0.3 is 0 Å². The summed E-state index contributed by atoms with van der Waals surface area (Å²) >= 11 is 0. The maximum Gasteiger partial charge on any atom is 0.228 e. The summed E-state index contributed by atoms with van der Waals surface area (Å²) in [4.78, 5) is 30.0. The number of hydrogen-bond acceptors (Lipinski definition) is 2. The predicted molar refractivity (Wildman–Crippen MR) is 113 cm³/mol. The van der Waals surface area contributed by atoms with E-state index >= 15 is 0 Å². The average molecular weight is 385 g/mol. The molecule has 28 heavy (non-hydrogen) atoms. The van der Waals surface area contributed by atoms with Gasteiger partial charge in [-0.3, -0.25) is 9.59 Å². The Labute approximate surface area is 170 Å². The molecule has 1 aromatic carbocycles. The molecule has 0 unspecified atom stereocenters. The molecule has 4 nitrogen and oxygen atoms in total. The highest BCUT2D eigenvalue weighted by Gasteiger charge is 2.45. The summed E-state index contributed by atoms with van der Waals surface area (Å²) in [6.45, 7) is 9.42. The number of carbonyl (C=O) groups is 2. The van der Waals surface area contributed by atoms with Gasteiger partial charge in [0.2, 0.25) is 11.8 Å². The highest BCUT2D eigenvalue weighted by Crippen LogP contribution is 2.42. The van der Waals surface area contributed by atoms with Crippen molar-refractivity contribution in [1.29, 1.82) is 0 Å². The quantitative estimate of drug-likeness (QED) is 0.765. The van der Waals surface area contributed by atoms with E-state index in [-0.39, 0.29) is 17.2 Å². The molecule has 4 heteroatoms. The van der Waals surface area contributed by atoms with E-state index in [9.17, 15) is 9.59 Å². The van der Waals surface area contributed by atoms with Crippen LogP contribution in [-0.4, -0.2) is 47.8 Å². The van der Waals surface area contributed by atoms with Crippen molar-refractivity contribution in [2.75, 3.05) is 26.2 Å². The van der Waals surface area contributed by atoms with Crippen molar-refractivity contribution in [2.24, 2.45) is 17.3 Å². The molecule has 3 rings (SSSR count). The molecular formula is C24H36N2O2. The number of nitrogens with zero attached hydrogens (tertiary/aromatic N) is 2. The maximum absolute atomic E-state index is 13.6. The van der Waals surface area contributed by atoms with Gasteiger partial charge in [-0.25, -0.2) is 0 Å². The van der Waals surface area contributed by atoms with Crippen molar-refractivity contribution in [3.05, 3.63) is 35.9 Å². The van der Waals surface area contributed by atoms with Crippen LogP contribution in [0.2, 0.25) is 0 Å². The van der Waals surface area contributed by atoms with Gasteiger partial charge in [0.25, 0.3) is 0 Å². The summed E-state index contributed by atoms with van der Waals surface area (Å²) in [5, 5.41) is 0. The van der Waals surface area contributed by atoms with E-state index in [4.69, 9.17) is 0 Å². The van der Waals surface area contributed by atoms with E-state index in [1.807, 2.05) is 24.8 Å². The lowest BCUT2D eigenvalue weighted by molar-refractivity contribution is -0.146. The average Bonchev–Trinajstić information content (AvgIpc) is 2.86. The van der Waals surface area contributed by atoms with Crippen molar-refractivity contribution in [3.8, 4) is 0 Å². The molecule has 0 bridgehead atoms. The third-order valence-electron chi connectivity index (χ3n) is 6.86. The zero-order chi connectivity index (χ0) is 20.1. The van der Waals surface area contributed by atoms with Crippen LogP contribution in [0.5, 0.6) is 0 Å². The summed E-state index contributed by atoms with van der Waals surface area (Å²) in [6, 6.07) is 10.5. The summed E-state index contributed by atoms with van der Waals surface area (Å²) in [5.41, 5.74) is 1.02. The van der Waals surface area contributed by atoms with Crippen molar-refractivity contribution in [2.45, 2.75) is 59.3 Å². The molecular weight excluding hydrogens is 348 g/mol. The predicted octanol–water partition coefficient (Wildman–Crippen LogP) is 4.14. The number of carbonyl (C=O) groups excluding carboxylic acids is 2. The first kappa shape index (κ1) is 20.9. The fourth-order valence-corrected chi connectivity index (χ4v) is 4.97. The van der Waals surface area contributed by atoms with Crippen LogP contribution in [-0.2, 0) is 16.0 Å².